The van der Waals surface area contributed by atoms with Crippen molar-refractivity contribution in [3.05, 3.63) is 35.1 Å². The van der Waals surface area contributed by atoms with Gasteiger partial charge < -0.3 is 4.98 Å². The molecule has 3 rings (SSSR count). The second kappa shape index (κ2) is 7.77. The number of rotatable bonds is 1. The third-order valence-corrected chi connectivity index (χ3v) is 4.67. The summed E-state index contributed by atoms with van der Waals surface area (Å²) < 4.78 is 3.00. The van der Waals surface area contributed by atoms with E-state index in [0.29, 0.717) is 5.92 Å². The van der Waals surface area contributed by atoms with Crippen molar-refractivity contribution >= 4 is 28.9 Å². The molecule has 122 valence electrons. The maximum Gasteiger partial charge on any atom is 0.182 e. The van der Waals surface area contributed by atoms with E-state index in [4.69, 9.17) is 12.2 Å². The fourth-order valence-corrected chi connectivity index (χ4v) is 3.08. The van der Waals surface area contributed by atoms with Crippen molar-refractivity contribution in [3.8, 4) is 0 Å². The molecule has 1 aromatic carbocycles. The molecule has 3 heteroatoms. The molecule has 1 aliphatic carbocycles. The number of aromatic nitrogens is 2. The number of imidazole rings is 1. The molecule has 0 aliphatic heterocycles. The minimum absolute atomic E-state index is 0.170. The summed E-state index contributed by atoms with van der Waals surface area (Å²) in [6.45, 7) is 14.9. The average molecular weight is 319 g/mol. The first kappa shape index (κ1) is 18.7. The van der Waals surface area contributed by atoms with Gasteiger partial charge in [0, 0.05) is 11.1 Å². The Morgan fingerprint density at radius 1 is 1.14 bits per heavy atom. The van der Waals surface area contributed by atoms with E-state index in [-0.39, 0.29) is 5.41 Å². The van der Waals surface area contributed by atoms with Crippen LogP contribution in [0, 0.1) is 16.1 Å². The summed E-state index contributed by atoms with van der Waals surface area (Å²) in [4.78, 5) is 3.29. The molecule has 0 bridgehead atoms. The van der Waals surface area contributed by atoms with Crippen LogP contribution in [0.2, 0.25) is 0 Å². The van der Waals surface area contributed by atoms with E-state index < -0.39 is 0 Å². The summed E-state index contributed by atoms with van der Waals surface area (Å²) in [5.74, 6) is 0.656. The highest BCUT2D eigenvalue weighted by atomic mass is 32.1. The third-order valence-electron chi connectivity index (χ3n) is 4.39. The molecule has 1 heterocycles. The first-order valence-electron chi connectivity index (χ1n) is 8.42. The van der Waals surface area contributed by atoms with Gasteiger partial charge in [-0.3, -0.25) is 4.57 Å². The Morgan fingerprint density at radius 2 is 1.73 bits per heavy atom. The first-order chi connectivity index (χ1) is 10.5. The second-order valence-corrected chi connectivity index (χ2v) is 6.12. The number of para-hydroxylation sites is 2. The molecule has 22 heavy (non-hydrogen) atoms. The van der Waals surface area contributed by atoms with E-state index >= 15 is 0 Å². The van der Waals surface area contributed by atoms with Crippen LogP contribution in [0.3, 0.4) is 0 Å². The van der Waals surface area contributed by atoms with Crippen molar-refractivity contribution < 1.29 is 0 Å². The molecule has 1 unspecified atom stereocenters. The average Bonchev–Trinajstić information content (AvgIpc) is 3.00. The summed E-state index contributed by atoms with van der Waals surface area (Å²) in [5.41, 5.74) is 3.79. The highest BCUT2D eigenvalue weighted by molar-refractivity contribution is 7.71. The monoisotopic (exact) mass is 318 g/mol. The first-order valence-corrected chi connectivity index (χ1v) is 8.83. The Morgan fingerprint density at radius 3 is 2.27 bits per heavy atom. The van der Waals surface area contributed by atoms with E-state index in [1.165, 1.54) is 11.2 Å². The molecule has 1 atom stereocenters. The summed E-state index contributed by atoms with van der Waals surface area (Å²) in [6.07, 6.45) is 3.46. The van der Waals surface area contributed by atoms with Gasteiger partial charge in [0.25, 0.3) is 0 Å². The maximum atomic E-state index is 5.50. The Balaban J connectivity index is 0.000000561. The lowest BCUT2D eigenvalue weighted by atomic mass is 9.81. The Kier molecular flexibility index (Phi) is 6.61. The largest absolute Gasteiger partial charge is 0.330 e. The van der Waals surface area contributed by atoms with Gasteiger partial charge in [0.05, 0.1) is 11.0 Å². The minimum atomic E-state index is 0.170. The number of H-pyrrole nitrogens is 1. The van der Waals surface area contributed by atoms with Crippen molar-refractivity contribution in [1.29, 1.82) is 0 Å². The number of allylic oxidation sites excluding steroid dienone is 2. The minimum Gasteiger partial charge on any atom is -0.330 e. The predicted molar refractivity (Wildman–Crippen MR) is 102 cm³/mol. The summed E-state index contributed by atoms with van der Waals surface area (Å²) >= 11 is 5.50. The second-order valence-electron chi connectivity index (χ2n) is 5.73. The standard InChI is InChI=1S/C15H18N2S.2C2H6/c1-10-8-9-13(15(10,2)3)17-12-7-5-4-6-11(12)16-14(17)18;2*1-2/h4-7,9-10H,8H2,1-3H3,(H,16,18);2*1-2H3. The van der Waals surface area contributed by atoms with Crippen LogP contribution in [-0.4, -0.2) is 9.55 Å². The van der Waals surface area contributed by atoms with Crippen LogP contribution < -0.4 is 0 Å². The van der Waals surface area contributed by atoms with Crippen LogP contribution >= 0.6 is 12.2 Å². The normalized spacial score (nSPS) is 18.9. The van der Waals surface area contributed by atoms with Gasteiger partial charge in [-0.05, 0) is 36.7 Å². The Labute approximate surface area is 140 Å². The van der Waals surface area contributed by atoms with Gasteiger partial charge in [0.15, 0.2) is 4.77 Å². The van der Waals surface area contributed by atoms with E-state index in [1.54, 1.807) is 0 Å². The van der Waals surface area contributed by atoms with Crippen LogP contribution in [-0.2, 0) is 0 Å². The van der Waals surface area contributed by atoms with Gasteiger partial charge in [-0.2, -0.15) is 0 Å². The van der Waals surface area contributed by atoms with Crippen molar-refractivity contribution in [1.82, 2.24) is 9.55 Å². The number of nitrogens with one attached hydrogen (secondary N) is 1. The van der Waals surface area contributed by atoms with Gasteiger partial charge >= 0.3 is 0 Å². The van der Waals surface area contributed by atoms with Crippen molar-refractivity contribution in [2.45, 2.75) is 54.9 Å². The number of nitrogens with zero attached hydrogens (tertiary/aromatic N) is 1. The van der Waals surface area contributed by atoms with Gasteiger partial charge in [-0.1, -0.05) is 66.7 Å². The Hall–Kier alpha value is -1.35. The lowest BCUT2D eigenvalue weighted by molar-refractivity contribution is 0.338. The Bertz CT molecular complexity index is 689. The van der Waals surface area contributed by atoms with Crippen LogP contribution in [0.1, 0.15) is 54.9 Å². The smallest absolute Gasteiger partial charge is 0.182 e. The highest BCUT2D eigenvalue weighted by Crippen LogP contribution is 2.46. The maximum absolute atomic E-state index is 5.50. The molecule has 1 N–H and O–H groups in total. The van der Waals surface area contributed by atoms with Crippen molar-refractivity contribution in [2.24, 2.45) is 11.3 Å². The summed E-state index contributed by atoms with van der Waals surface area (Å²) in [6, 6.07) is 8.30. The number of aromatic amines is 1. The van der Waals surface area contributed by atoms with Gasteiger partial charge in [0.1, 0.15) is 0 Å². The van der Waals surface area contributed by atoms with Crippen LogP contribution in [0.5, 0.6) is 0 Å². The molecule has 2 nitrogen and oxygen atoms in total. The lowest BCUT2D eigenvalue weighted by Crippen LogP contribution is -2.21. The molecule has 0 fully saturated rings. The van der Waals surface area contributed by atoms with E-state index in [2.05, 4.69) is 54.6 Å². The number of benzene rings is 1. The van der Waals surface area contributed by atoms with Gasteiger partial charge in [-0.15, -0.1) is 0 Å². The molecule has 1 aliphatic rings. The third kappa shape index (κ3) is 3.19. The zero-order valence-corrected chi connectivity index (χ0v) is 15.8. The highest BCUT2D eigenvalue weighted by Gasteiger charge is 2.36. The quantitative estimate of drug-likeness (QED) is 0.583. The topological polar surface area (TPSA) is 20.7 Å². The summed E-state index contributed by atoms with van der Waals surface area (Å²) in [7, 11) is 0. The number of fused-ring (bicyclic) bond motifs is 1. The molecule has 0 saturated carbocycles. The number of hydrogen-bond acceptors (Lipinski definition) is 1. The molecule has 2 aromatic rings. The predicted octanol–water partition coefficient (Wildman–Crippen LogP) is 6.66. The molecular formula is C19H30N2S. The molecule has 0 spiro atoms. The molecule has 0 radical (unpaired) electrons. The zero-order valence-electron chi connectivity index (χ0n) is 15.0. The van der Waals surface area contributed by atoms with E-state index in [1.807, 2.05) is 33.8 Å². The lowest BCUT2D eigenvalue weighted by Gasteiger charge is -2.29. The van der Waals surface area contributed by atoms with Crippen molar-refractivity contribution in [2.75, 3.05) is 0 Å². The van der Waals surface area contributed by atoms with Crippen molar-refractivity contribution in [3.63, 3.8) is 0 Å². The molecule has 1 aromatic heterocycles. The van der Waals surface area contributed by atoms with Gasteiger partial charge in [0.2, 0.25) is 0 Å². The zero-order chi connectivity index (χ0) is 16.9. The number of hydrogen-bond donors (Lipinski definition) is 1. The van der Waals surface area contributed by atoms with Crippen LogP contribution in [0.25, 0.3) is 16.7 Å². The molecule has 0 saturated heterocycles. The van der Waals surface area contributed by atoms with Gasteiger partial charge in [-0.25, -0.2) is 0 Å². The SMILES string of the molecule is CC.CC.CC1CC=C(n2c(=S)[nH]c3ccccc32)C1(C)C. The summed E-state index contributed by atoms with van der Waals surface area (Å²) in [5, 5.41) is 0. The molecular weight excluding hydrogens is 288 g/mol. The fraction of sp³-hybridized carbons (Fsp3) is 0.526. The van der Waals surface area contributed by atoms with Crippen LogP contribution in [0.15, 0.2) is 30.3 Å². The fourth-order valence-electron chi connectivity index (χ4n) is 2.77. The molecule has 0 amide bonds. The van der Waals surface area contributed by atoms with Crippen LogP contribution in [0.4, 0.5) is 0 Å². The van der Waals surface area contributed by atoms with E-state index in [9.17, 15) is 0 Å². The van der Waals surface area contributed by atoms with E-state index in [0.717, 1.165) is 16.7 Å².